The summed E-state index contributed by atoms with van der Waals surface area (Å²) in [5.41, 5.74) is 3.09. The van der Waals surface area contributed by atoms with Crippen LogP contribution in [0.1, 0.15) is 36.3 Å². The SMILES string of the molecule is Cc1ncsc1CCN(C)C1CCC(=O)CC1. The molecule has 3 nitrogen and oxygen atoms in total. The molecule has 94 valence electrons. The van der Waals surface area contributed by atoms with Crippen LogP contribution in [0.25, 0.3) is 0 Å². The first-order valence-corrected chi connectivity index (χ1v) is 7.15. The molecule has 17 heavy (non-hydrogen) atoms. The highest BCUT2D eigenvalue weighted by atomic mass is 32.1. The number of Topliss-reactive ketones (excluding diaryl/α,β-unsaturated/α-hetero) is 1. The highest BCUT2D eigenvalue weighted by Crippen LogP contribution is 2.20. The topological polar surface area (TPSA) is 33.2 Å². The molecule has 1 aliphatic rings. The quantitative estimate of drug-likeness (QED) is 0.825. The lowest BCUT2D eigenvalue weighted by Crippen LogP contribution is -2.36. The standard InChI is InChI=1S/C13H20N2OS/c1-10-13(17-9-14-10)7-8-15(2)11-3-5-12(16)6-4-11/h9,11H,3-8H2,1-2H3. The zero-order valence-electron chi connectivity index (χ0n) is 10.6. The third-order valence-electron chi connectivity index (χ3n) is 3.67. The van der Waals surface area contributed by atoms with Crippen LogP contribution in [-0.2, 0) is 11.2 Å². The predicted octanol–water partition coefficient (Wildman–Crippen LogP) is 2.44. The summed E-state index contributed by atoms with van der Waals surface area (Å²) in [4.78, 5) is 19.3. The van der Waals surface area contributed by atoms with Crippen LogP contribution >= 0.6 is 11.3 Å². The molecule has 0 aromatic carbocycles. The molecule has 0 bridgehead atoms. The molecule has 0 unspecified atom stereocenters. The summed E-state index contributed by atoms with van der Waals surface area (Å²) in [6, 6.07) is 0.598. The lowest BCUT2D eigenvalue weighted by Gasteiger charge is -2.30. The van der Waals surface area contributed by atoms with Gasteiger partial charge in [-0.1, -0.05) is 0 Å². The highest BCUT2D eigenvalue weighted by molar-refractivity contribution is 7.09. The monoisotopic (exact) mass is 252 g/mol. The van der Waals surface area contributed by atoms with Crippen molar-refractivity contribution in [2.45, 2.75) is 45.1 Å². The zero-order chi connectivity index (χ0) is 12.3. The molecule has 1 aliphatic carbocycles. The van der Waals surface area contributed by atoms with E-state index in [0.717, 1.165) is 38.6 Å². The van der Waals surface area contributed by atoms with E-state index in [4.69, 9.17) is 0 Å². The molecule has 4 heteroatoms. The van der Waals surface area contributed by atoms with Gasteiger partial charge >= 0.3 is 0 Å². The normalized spacial score (nSPS) is 17.9. The van der Waals surface area contributed by atoms with Crippen molar-refractivity contribution in [3.05, 3.63) is 16.1 Å². The van der Waals surface area contributed by atoms with Crippen molar-refractivity contribution >= 4 is 17.1 Å². The molecule has 0 N–H and O–H groups in total. The molecule has 1 fully saturated rings. The Morgan fingerprint density at radius 2 is 2.18 bits per heavy atom. The maximum atomic E-state index is 11.2. The Labute approximate surface area is 107 Å². The minimum absolute atomic E-state index is 0.438. The van der Waals surface area contributed by atoms with Gasteiger partial charge in [-0.05, 0) is 33.2 Å². The third-order valence-corrected chi connectivity index (χ3v) is 4.67. The fourth-order valence-corrected chi connectivity index (χ4v) is 3.16. The van der Waals surface area contributed by atoms with Crippen molar-refractivity contribution in [3.8, 4) is 0 Å². The minimum atomic E-state index is 0.438. The molecule has 0 spiro atoms. The second-order valence-electron chi connectivity index (χ2n) is 4.86. The first-order valence-electron chi connectivity index (χ1n) is 6.27. The number of thiazole rings is 1. The smallest absolute Gasteiger partial charge is 0.133 e. The first-order chi connectivity index (χ1) is 8.16. The van der Waals surface area contributed by atoms with Gasteiger partial charge in [0.1, 0.15) is 5.78 Å². The lowest BCUT2D eigenvalue weighted by atomic mass is 9.93. The number of aryl methyl sites for hydroxylation is 1. The number of ketones is 1. The number of rotatable bonds is 4. The summed E-state index contributed by atoms with van der Waals surface area (Å²) in [6.45, 7) is 3.15. The molecule has 2 rings (SSSR count). The number of carbonyl (C=O) groups is 1. The van der Waals surface area contributed by atoms with Crippen LogP contribution in [0, 0.1) is 6.92 Å². The molecule has 0 saturated heterocycles. The van der Waals surface area contributed by atoms with Gasteiger partial charge in [0, 0.05) is 30.3 Å². The van der Waals surface area contributed by atoms with Crippen molar-refractivity contribution in [3.63, 3.8) is 0 Å². The second kappa shape index (κ2) is 5.74. The van der Waals surface area contributed by atoms with Crippen LogP contribution in [0.5, 0.6) is 0 Å². The fraction of sp³-hybridized carbons (Fsp3) is 0.692. The van der Waals surface area contributed by atoms with E-state index < -0.39 is 0 Å². The van der Waals surface area contributed by atoms with Gasteiger partial charge in [0.25, 0.3) is 0 Å². The molecule has 1 aromatic rings. The van der Waals surface area contributed by atoms with E-state index in [9.17, 15) is 4.79 Å². The largest absolute Gasteiger partial charge is 0.303 e. The average molecular weight is 252 g/mol. The van der Waals surface area contributed by atoms with Crippen LogP contribution in [0.2, 0.25) is 0 Å². The fourth-order valence-electron chi connectivity index (χ4n) is 2.39. The van der Waals surface area contributed by atoms with Crippen molar-refractivity contribution < 1.29 is 4.79 Å². The van der Waals surface area contributed by atoms with Gasteiger partial charge in [0.15, 0.2) is 0 Å². The Balaban J connectivity index is 1.79. The van der Waals surface area contributed by atoms with Crippen LogP contribution in [0.4, 0.5) is 0 Å². The highest BCUT2D eigenvalue weighted by Gasteiger charge is 2.21. The lowest BCUT2D eigenvalue weighted by molar-refractivity contribution is -0.121. The molecule has 1 saturated carbocycles. The number of carbonyl (C=O) groups excluding carboxylic acids is 1. The van der Waals surface area contributed by atoms with Gasteiger partial charge in [-0.25, -0.2) is 4.98 Å². The van der Waals surface area contributed by atoms with Crippen molar-refractivity contribution in [1.29, 1.82) is 0 Å². The van der Waals surface area contributed by atoms with Gasteiger partial charge in [0.2, 0.25) is 0 Å². The molecule has 1 heterocycles. The van der Waals surface area contributed by atoms with Gasteiger partial charge < -0.3 is 4.90 Å². The Bertz CT molecular complexity index is 379. The van der Waals surface area contributed by atoms with E-state index >= 15 is 0 Å². The Kier molecular flexibility index (Phi) is 4.29. The summed E-state index contributed by atoms with van der Waals surface area (Å²) in [6.07, 6.45) is 4.70. The van der Waals surface area contributed by atoms with Crippen LogP contribution in [-0.4, -0.2) is 35.3 Å². The zero-order valence-corrected chi connectivity index (χ0v) is 11.4. The summed E-state index contributed by atoms with van der Waals surface area (Å²) >= 11 is 1.75. The summed E-state index contributed by atoms with van der Waals surface area (Å²) < 4.78 is 0. The summed E-state index contributed by atoms with van der Waals surface area (Å²) in [5, 5.41) is 0. The van der Waals surface area contributed by atoms with E-state index in [1.165, 1.54) is 10.6 Å². The van der Waals surface area contributed by atoms with Gasteiger partial charge in [0.05, 0.1) is 11.2 Å². The molecule has 0 aliphatic heterocycles. The maximum absolute atomic E-state index is 11.2. The Morgan fingerprint density at radius 1 is 1.47 bits per heavy atom. The molecule has 1 aromatic heterocycles. The van der Waals surface area contributed by atoms with Gasteiger partial charge in [-0.15, -0.1) is 11.3 Å². The Hall–Kier alpha value is -0.740. The molecule has 0 amide bonds. The van der Waals surface area contributed by atoms with Crippen molar-refractivity contribution in [1.82, 2.24) is 9.88 Å². The van der Waals surface area contributed by atoms with Crippen molar-refractivity contribution in [2.75, 3.05) is 13.6 Å². The number of aromatic nitrogens is 1. The Morgan fingerprint density at radius 3 is 2.76 bits per heavy atom. The number of hydrogen-bond acceptors (Lipinski definition) is 4. The van der Waals surface area contributed by atoms with Gasteiger partial charge in [-0.2, -0.15) is 0 Å². The van der Waals surface area contributed by atoms with Crippen LogP contribution < -0.4 is 0 Å². The molecular formula is C13H20N2OS. The van der Waals surface area contributed by atoms with Gasteiger partial charge in [-0.3, -0.25) is 4.79 Å². The first kappa shape index (κ1) is 12.7. The van der Waals surface area contributed by atoms with E-state index in [1.807, 2.05) is 5.51 Å². The van der Waals surface area contributed by atoms with Crippen LogP contribution in [0.3, 0.4) is 0 Å². The van der Waals surface area contributed by atoms with E-state index in [-0.39, 0.29) is 0 Å². The number of hydrogen-bond donors (Lipinski definition) is 0. The maximum Gasteiger partial charge on any atom is 0.133 e. The molecule has 0 radical (unpaired) electrons. The number of nitrogens with zero attached hydrogens (tertiary/aromatic N) is 2. The van der Waals surface area contributed by atoms with E-state index in [0.29, 0.717) is 11.8 Å². The van der Waals surface area contributed by atoms with Crippen LogP contribution in [0.15, 0.2) is 5.51 Å². The predicted molar refractivity (Wildman–Crippen MR) is 70.4 cm³/mol. The summed E-state index contributed by atoms with van der Waals surface area (Å²) in [7, 11) is 2.18. The third kappa shape index (κ3) is 3.36. The molecular weight excluding hydrogens is 232 g/mol. The minimum Gasteiger partial charge on any atom is -0.303 e. The van der Waals surface area contributed by atoms with Crippen molar-refractivity contribution in [2.24, 2.45) is 0 Å². The second-order valence-corrected chi connectivity index (χ2v) is 5.80. The van der Waals surface area contributed by atoms with E-state index in [1.54, 1.807) is 11.3 Å². The summed E-state index contributed by atoms with van der Waals surface area (Å²) in [5.74, 6) is 0.438. The average Bonchev–Trinajstić information content (AvgIpc) is 2.73. The molecule has 0 atom stereocenters. The van der Waals surface area contributed by atoms with E-state index in [2.05, 4.69) is 23.9 Å². The number of likely N-dealkylation sites (N-methyl/N-ethyl adjacent to an activating group) is 1.